The van der Waals surface area contributed by atoms with E-state index in [9.17, 15) is 4.79 Å². The van der Waals surface area contributed by atoms with Crippen LogP contribution in [0.15, 0.2) is 12.4 Å². The van der Waals surface area contributed by atoms with Gasteiger partial charge in [0.25, 0.3) is 0 Å². The molecule has 0 saturated heterocycles. The molecule has 1 aromatic heterocycles. The maximum Gasteiger partial charge on any atom is 0.414 e. The van der Waals surface area contributed by atoms with Gasteiger partial charge in [-0.1, -0.05) is 6.92 Å². The molecule has 0 aliphatic carbocycles. The molecule has 6 nitrogen and oxygen atoms in total. The van der Waals surface area contributed by atoms with Crippen LogP contribution in [-0.4, -0.2) is 28.2 Å². The molecule has 1 aromatic rings. The number of hydrogen-bond donors (Lipinski definition) is 2. The predicted molar refractivity (Wildman–Crippen MR) is 74.0 cm³/mol. The summed E-state index contributed by atoms with van der Waals surface area (Å²) in [6, 6.07) is 0. The third kappa shape index (κ3) is 5.65. The van der Waals surface area contributed by atoms with Crippen molar-refractivity contribution in [3.8, 4) is 0 Å². The Kier molecular flexibility index (Phi) is 5.23. The second kappa shape index (κ2) is 6.47. The Morgan fingerprint density at radius 2 is 2.00 bits per heavy atom. The molecule has 0 aromatic carbocycles. The average Bonchev–Trinajstić information content (AvgIpc) is 2.27. The van der Waals surface area contributed by atoms with Gasteiger partial charge in [-0.3, -0.25) is 5.32 Å². The van der Waals surface area contributed by atoms with Crippen LogP contribution < -0.4 is 11.1 Å². The number of nitrogens with two attached hydrogens (primary N) is 1. The molecule has 3 N–H and O–H groups in total. The summed E-state index contributed by atoms with van der Waals surface area (Å²) in [6.45, 7) is 8.08. The van der Waals surface area contributed by atoms with E-state index in [-0.39, 0.29) is 5.95 Å². The highest BCUT2D eigenvalue weighted by Gasteiger charge is 2.17. The number of carbonyl (C=O) groups excluding carboxylic acids is 1. The van der Waals surface area contributed by atoms with E-state index in [4.69, 9.17) is 10.5 Å². The monoisotopic (exact) mass is 266 g/mol. The lowest BCUT2D eigenvalue weighted by Crippen LogP contribution is -2.27. The molecule has 0 radical (unpaired) electrons. The number of rotatable bonds is 4. The van der Waals surface area contributed by atoms with Gasteiger partial charge in [-0.05, 0) is 45.2 Å². The molecule has 0 bridgehead atoms. The van der Waals surface area contributed by atoms with Gasteiger partial charge in [-0.25, -0.2) is 14.8 Å². The topological polar surface area (TPSA) is 90.1 Å². The van der Waals surface area contributed by atoms with Crippen LogP contribution in [0.5, 0.6) is 0 Å². The van der Waals surface area contributed by atoms with Gasteiger partial charge in [0.2, 0.25) is 5.95 Å². The third-order valence-corrected chi connectivity index (χ3v) is 2.45. The average molecular weight is 266 g/mol. The quantitative estimate of drug-likeness (QED) is 0.872. The first-order valence-electron chi connectivity index (χ1n) is 6.34. The maximum atomic E-state index is 11.5. The number of hydrogen-bond acceptors (Lipinski definition) is 5. The van der Waals surface area contributed by atoms with Crippen LogP contribution in [0.3, 0.4) is 0 Å². The molecular formula is C13H22N4O2. The van der Waals surface area contributed by atoms with Crippen LogP contribution in [0.25, 0.3) is 0 Å². The van der Waals surface area contributed by atoms with Crippen LogP contribution in [0.2, 0.25) is 0 Å². The molecule has 0 saturated carbocycles. The van der Waals surface area contributed by atoms with Crippen molar-refractivity contribution < 1.29 is 9.53 Å². The number of amides is 1. The molecule has 1 atom stereocenters. The Labute approximate surface area is 113 Å². The zero-order valence-electron chi connectivity index (χ0n) is 11.9. The zero-order chi connectivity index (χ0) is 14.5. The van der Waals surface area contributed by atoms with E-state index in [0.29, 0.717) is 12.5 Å². The van der Waals surface area contributed by atoms with Crippen molar-refractivity contribution in [1.82, 2.24) is 9.97 Å². The highest BCUT2D eigenvalue weighted by Crippen LogP contribution is 2.17. The van der Waals surface area contributed by atoms with E-state index < -0.39 is 11.7 Å². The highest BCUT2D eigenvalue weighted by atomic mass is 16.6. The van der Waals surface area contributed by atoms with Gasteiger partial charge in [0.1, 0.15) is 5.60 Å². The van der Waals surface area contributed by atoms with Crippen LogP contribution in [0.4, 0.5) is 10.7 Å². The second-order valence-corrected chi connectivity index (χ2v) is 5.45. The van der Waals surface area contributed by atoms with Gasteiger partial charge < -0.3 is 10.5 Å². The number of carbonyl (C=O) groups is 1. The molecule has 1 amide bonds. The van der Waals surface area contributed by atoms with E-state index in [1.807, 2.05) is 0 Å². The first-order chi connectivity index (χ1) is 8.81. The smallest absolute Gasteiger partial charge is 0.414 e. The van der Waals surface area contributed by atoms with Gasteiger partial charge in [0.05, 0.1) is 0 Å². The van der Waals surface area contributed by atoms with Crippen LogP contribution in [0, 0.1) is 0 Å². The van der Waals surface area contributed by atoms with E-state index in [2.05, 4.69) is 22.2 Å². The van der Waals surface area contributed by atoms with Crippen LogP contribution in [0.1, 0.15) is 45.6 Å². The van der Waals surface area contributed by atoms with Gasteiger partial charge in [0.15, 0.2) is 0 Å². The Balaban J connectivity index is 2.59. The summed E-state index contributed by atoms with van der Waals surface area (Å²) in [5, 5.41) is 2.49. The SMILES string of the molecule is CC(CCN)c1cnc(NC(=O)OC(C)(C)C)nc1. The number of ether oxygens (including phenoxy) is 1. The Morgan fingerprint density at radius 3 is 2.47 bits per heavy atom. The second-order valence-electron chi connectivity index (χ2n) is 5.45. The fourth-order valence-corrected chi connectivity index (χ4v) is 1.47. The van der Waals surface area contributed by atoms with Crippen molar-refractivity contribution in [2.45, 2.75) is 45.6 Å². The largest absolute Gasteiger partial charge is 0.444 e. The lowest BCUT2D eigenvalue weighted by molar-refractivity contribution is 0.0634. The van der Waals surface area contributed by atoms with E-state index in [0.717, 1.165) is 12.0 Å². The van der Waals surface area contributed by atoms with Crippen molar-refractivity contribution in [1.29, 1.82) is 0 Å². The lowest BCUT2D eigenvalue weighted by Gasteiger charge is -2.19. The van der Waals surface area contributed by atoms with Crippen LogP contribution in [-0.2, 0) is 4.74 Å². The van der Waals surface area contributed by atoms with Gasteiger partial charge in [-0.2, -0.15) is 0 Å². The van der Waals surface area contributed by atoms with Crippen LogP contribution >= 0.6 is 0 Å². The number of aromatic nitrogens is 2. The maximum absolute atomic E-state index is 11.5. The number of nitrogens with one attached hydrogen (secondary N) is 1. The summed E-state index contributed by atoms with van der Waals surface area (Å²) in [5.41, 5.74) is 5.97. The van der Waals surface area contributed by atoms with Gasteiger partial charge in [-0.15, -0.1) is 0 Å². The van der Waals surface area contributed by atoms with Crippen molar-refractivity contribution in [3.63, 3.8) is 0 Å². The fourth-order valence-electron chi connectivity index (χ4n) is 1.47. The van der Waals surface area contributed by atoms with Crippen molar-refractivity contribution in [2.24, 2.45) is 5.73 Å². The minimum atomic E-state index is -0.560. The summed E-state index contributed by atoms with van der Waals surface area (Å²) in [4.78, 5) is 19.7. The lowest BCUT2D eigenvalue weighted by atomic mass is 10.0. The minimum Gasteiger partial charge on any atom is -0.444 e. The summed E-state index contributed by atoms with van der Waals surface area (Å²) in [7, 11) is 0. The summed E-state index contributed by atoms with van der Waals surface area (Å²) in [6.07, 6.45) is 3.71. The van der Waals surface area contributed by atoms with Crippen molar-refractivity contribution in [2.75, 3.05) is 11.9 Å². The molecule has 6 heteroatoms. The molecule has 0 fully saturated rings. The first-order valence-corrected chi connectivity index (χ1v) is 6.34. The molecule has 0 aliphatic heterocycles. The normalized spacial score (nSPS) is 12.9. The first kappa shape index (κ1) is 15.4. The van der Waals surface area contributed by atoms with Crippen molar-refractivity contribution in [3.05, 3.63) is 18.0 Å². The van der Waals surface area contributed by atoms with Gasteiger partial charge >= 0.3 is 6.09 Å². The third-order valence-electron chi connectivity index (χ3n) is 2.45. The summed E-state index contributed by atoms with van der Waals surface area (Å²) < 4.78 is 5.11. The number of anilines is 1. The van der Waals surface area contributed by atoms with E-state index in [1.165, 1.54) is 0 Å². The summed E-state index contributed by atoms with van der Waals surface area (Å²) in [5.74, 6) is 0.540. The summed E-state index contributed by atoms with van der Waals surface area (Å²) >= 11 is 0. The Hall–Kier alpha value is -1.69. The zero-order valence-corrected chi connectivity index (χ0v) is 11.9. The van der Waals surface area contributed by atoms with E-state index in [1.54, 1.807) is 33.2 Å². The minimum absolute atomic E-state index is 0.234. The highest BCUT2D eigenvalue weighted by molar-refractivity contribution is 5.82. The van der Waals surface area contributed by atoms with Gasteiger partial charge in [0, 0.05) is 12.4 Å². The molecule has 0 spiro atoms. The molecule has 0 aliphatic rings. The van der Waals surface area contributed by atoms with Crippen molar-refractivity contribution >= 4 is 12.0 Å². The molecule has 1 rings (SSSR count). The number of nitrogens with zero attached hydrogens (tertiary/aromatic N) is 2. The molecule has 106 valence electrons. The molecule has 1 heterocycles. The molecule has 1 unspecified atom stereocenters. The fraction of sp³-hybridized carbons (Fsp3) is 0.615. The molecule has 19 heavy (non-hydrogen) atoms. The standard InChI is InChI=1S/C13H22N4O2/c1-9(5-6-14)10-7-15-11(16-8-10)17-12(18)19-13(2,3)4/h7-9H,5-6,14H2,1-4H3,(H,15,16,17,18). The predicted octanol–water partition coefficient (Wildman–Crippen LogP) is 2.28. The Bertz CT molecular complexity index is 412. The Morgan fingerprint density at radius 1 is 1.42 bits per heavy atom. The van der Waals surface area contributed by atoms with E-state index >= 15 is 0 Å². The molecular weight excluding hydrogens is 244 g/mol.